The summed E-state index contributed by atoms with van der Waals surface area (Å²) < 4.78 is 0. The van der Waals surface area contributed by atoms with E-state index in [0.717, 1.165) is 21.9 Å². The van der Waals surface area contributed by atoms with Crippen LogP contribution in [0.3, 0.4) is 0 Å². The van der Waals surface area contributed by atoms with E-state index in [1.165, 1.54) is 10.8 Å². The van der Waals surface area contributed by atoms with Crippen LogP contribution >= 0.6 is 0 Å². The standard InChI is InChI=1S/C23H22N2/c1-16(24)23(25,21-14-6-10-17-8-2-4-12-19(17)21)22-15-7-11-18-9-3-5-13-20(18)22/h2-16H,24-25H2,1H3/t16-/m0/s1. The van der Waals surface area contributed by atoms with Crippen LogP contribution in [0.5, 0.6) is 0 Å². The third kappa shape index (κ3) is 2.42. The van der Waals surface area contributed by atoms with Crippen molar-refractivity contribution in [2.24, 2.45) is 11.5 Å². The first-order valence-corrected chi connectivity index (χ1v) is 8.63. The third-order valence-corrected chi connectivity index (χ3v) is 5.19. The van der Waals surface area contributed by atoms with Crippen molar-refractivity contribution < 1.29 is 0 Å². The van der Waals surface area contributed by atoms with Crippen LogP contribution in [-0.4, -0.2) is 6.04 Å². The molecular weight excluding hydrogens is 304 g/mol. The Bertz CT molecular complexity index is 960. The van der Waals surface area contributed by atoms with Crippen molar-refractivity contribution in [3.63, 3.8) is 0 Å². The molecule has 0 aromatic heterocycles. The van der Waals surface area contributed by atoms with Crippen molar-refractivity contribution in [1.29, 1.82) is 0 Å². The molecule has 2 heteroatoms. The Balaban J connectivity index is 2.09. The second kappa shape index (κ2) is 5.99. The fourth-order valence-electron chi connectivity index (χ4n) is 3.81. The minimum atomic E-state index is -0.776. The Kier molecular flexibility index (Phi) is 3.79. The van der Waals surface area contributed by atoms with Gasteiger partial charge in [0.1, 0.15) is 0 Å². The van der Waals surface area contributed by atoms with Crippen LogP contribution in [0.25, 0.3) is 21.5 Å². The van der Waals surface area contributed by atoms with Gasteiger partial charge in [-0.05, 0) is 39.6 Å². The van der Waals surface area contributed by atoms with Gasteiger partial charge in [0.15, 0.2) is 0 Å². The van der Waals surface area contributed by atoms with E-state index >= 15 is 0 Å². The van der Waals surface area contributed by atoms with Gasteiger partial charge in [0.2, 0.25) is 0 Å². The van der Waals surface area contributed by atoms with Crippen molar-refractivity contribution >= 4 is 21.5 Å². The fraction of sp³-hybridized carbons (Fsp3) is 0.130. The van der Waals surface area contributed by atoms with Gasteiger partial charge in [0.25, 0.3) is 0 Å². The molecule has 4 aromatic carbocycles. The molecule has 0 aliphatic rings. The molecule has 0 spiro atoms. The minimum absolute atomic E-state index is 0.246. The lowest BCUT2D eigenvalue weighted by atomic mass is 9.75. The summed E-state index contributed by atoms with van der Waals surface area (Å²) in [6.07, 6.45) is 0. The molecule has 0 saturated heterocycles. The van der Waals surface area contributed by atoms with Crippen LogP contribution < -0.4 is 11.5 Å². The summed E-state index contributed by atoms with van der Waals surface area (Å²) in [6.45, 7) is 1.99. The van der Waals surface area contributed by atoms with Crippen LogP contribution in [0, 0.1) is 0 Å². The number of hydrogen-bond donors (Lipinski definition) is 2. The Labute approximate surface area is 148 Å². The molecule has 4 aromatic rings. The van der Waals surface area contributed by atoms with E-state index in [4.69, 9.17) is 11.5 Å². The number of nitrogens with two attached hydrogens (primary N) is 2. The van der Waals surface area contributed by atoms with E-state index in [9.17, 15) is 0 Å². The molecule has 124 valence electrons. The van der Waals surface area contributed by atoms with Crippen molar-refractivity contribution in [3.05, 3.63) is 96.1 Å². The quantitative estimate of drug-likeness (QED) is 0.580. The first-order valence-electron chi connectivity index (χ1n) is 8.63. The van der Waals surface area contributed by atoms with Crippen LogP contribution in [0.4, 0.5) is 0 Å². The Morgan fingerprint density at radius 1 is 0.640 bits per heavy atom. The van der Waals surface area contributed by atoms with Gasteiger partial charge in [0.05, 0.1) is 5.54 Å². The lowest BCUT2D eigenvalue weighted by Crippen LogP contribution is -2.52. The lowest BCUT2D eigenvalue weighted by molar-refractivity contribution is 0.452. The van der Waals surface area contributed by atoms with E-state index in [0.29, 0.717) is 0 Å². The number of fused-ring (bicyclic) bond motifs is 2. The predicted octanol–water partition coefficient (Wildman–Crippen LogP) is 4.54. The Morgan fingerprint density at radius 2 is 1.04 bits per heavy atom. The predicted molar refractivity (Wildman–Crippen MR) is 107 cm³/mol. The van der Waals surface area contributed by atoms with Crippen LogP contribution in [0.2, 0.25) is 0 Å². The molecule has 2 nitrogen and oxygen atoms in total. The molecule has 4 N–H and O–H groups in total. The van der Waals surface area contributed by atoms with Gasteiger partial charge < -0.3 is 11.5 Å². The van der Waals surface area contributed by atoms with Gasteiger partial charge in [0, 0.05) is 6.04 Å². The maximum absolute atomic E-state index is 7.09. The van der Waals surface area contributed by atoms with Gasteiger partial charge in [-0.2, -0.15) is 0 Å². The molecule has 0 radical (unpaired) electrons. The molecule has 0 bridgehead atoms. The molecule has 0 saturated carbocycles. The molecular formula is C23H22N2. The van der Waals surface area contributed by atoms with E-state index in [2.05, 4.69) is 72.8 Å². The van der Waals surface area contributed by atoms with Gasteiger partial charge in [-0.25, -0.2) is 0 Å². The van der Waals surface area contributed by atoms with Gasteiger partial charge in [-0.1, -0.05) is 84.9 Å². The zero-order valence-electron chi connectivity index (χ0n) is 14.3. The average Bonchev–Trinajstić information content (AvgIpc) is 2.66. The first kappa shape index (κ1) is 15.8. The van der Waals surface area contributed by atoms with Crippen LogP contribution in [-0.2, 0) is 5.54 Å². The van der Waals surface area contributed by atoms with Crippen molar-refractivity contribution in [3.8, 4) is 0 Å². The van der Waals surface area contributed by atoms with E-state index in [-0.39, 0.29) is 6.04 Å². The van der Waals surface area contributed by atoms with Gasteiger partial charge in [-0.3, -0.25) is 0 Å². The highest BCUT2D eigenvalue weighted by Crippen LogP contribution is 2.37. The monoisotopic (exact) mass is 326 g/mol. The summed E-state index contributed by atoms with van der Waals surface area (Å²) >= 11 is 0. The maximum atomic E-state index is 7.09. The fourth-order valence-corrected chi connectivity index (χ4v) is 3.81. The summed E-state index contributed by atoms with van der Waals surface area (Å²) in [5.41, 5.74) is 14.9. The second-order valence-corrected chi connectivity index (χ2v) is 6.71. The summed E-state index contributed by atoms with van der Waals surface area (Å²) in [5.74, 6) is 0. The number of hydrogen-bond acceptors (Lipinski definition) is 2. The zero-order chi connectivity index (χ0) is 17.4. The van der Waals surface area contributed by atoms with Gasteiger partial charge >= 0.3 is 0 Å². The molecule has 0 unspecified atom stereocenters. The highest BCUT2D eigenvalue weighted by Gasteiger charge is 2.36. The summed E-state index contributed by atoms with van der Waals surface area (Å²) in [5, 5.41) is 4.65. The molecule has 0 amide bonds. The largest absolute Gasteiger partial charge is 0.326 e. The molecule has 25 heavy (non-hydrogen) atoms. The number of benzene rings is 4. The van der Waals surface area contributed by atoms with Crippen LogP contribution in [0.1, 0.15) is 18.1 Å². The van der Waals surface area contributed by atoms with Crippen molar-refractivity contribution in [2.45, 2.75) is 18.5 Å². The lowest BCUT2D eigenvalue weighted by Gasteiger charge is -2.36. The smallest absolute Gasteiger partial charge is 0.0828 e. The molecule has 0 fully saturated rings. The molecule has 0 aliphatic carbocycles. The van der Waals surface area contributed by atoms with E-state index in [1.54, 1.807) is 0 Å². The highest BCUT2D eigenvalue weighted by atomic mass is 14.9. The summed E-state index contributed by atoms with van der Waals surface area (Å²) in [7, 11) is 0. The summed E-state index contributed by atoms with van der Waals surface area (Å²) in [4.78, 5) is 0. The number of rotatable bonds is 3. The summed E-state index contributed by atoms with van der Waals surface area (Å²) in [6, 6.07) is 29.0. The van der Waals surface area contributed by atoms with Gasteiger partial charge in [-0.15, -0.1) is 0 Å². The Hall–Kier alpha value is -2.68. The molecule has 0 aliphatic heterocycles. The third-order valence-electron chi connectivity index (χ3n) is 5.19. The minimum Gasteiger partial charge on any atom is -0.326 e. The maximum Gasteiger partial charge on any atom is 0.0828 e. The SMILES string of the molecule is C[C@H](N)C(N)(c1cccc2ccccc12)c1cccc2ccccc12. The topological polar surface area (TPSA) is 52.0 Å². The van der Waals surface area contributed by atoms with Crippen molar-refractivity contribution in [2.75, 3.05) is 0 Å². The average molecular weight is 326 g/mol. The molecule has 4 rings (SSSR count). The van der Waals surface area contributed by atoms with Crippen LogP contribution in [0.15, 0.2) is 84.9 Å². The molecule has 1 atom stereocenters. The van der Waals surface area contributed by atoms with E-state index < -0.39 is 5.54 Å². The zero-order valence-corrected chi connectivity index (χ0v) is 14.3. The van der Waals surface area contributed by atoms with Crippen molar-refractivity contribution in [1.82, 2.24) is 0 Å². The molecule has 0 heterocycles. The first-order chi connectivity index (χ1) is 12.1. The highest BCUT2D eigenvalue weighted by molar-refractivity contribution is 5.91. The Morgan fingerprint density at radius 3 is 1.48 bits per heavy atom. The normalized spacial score (nSPS) is 13.2. The van der Waals surface area contributed by atoms with E-state index in [1.807, 2.05) is 19.1 Å². The second-order valence-electron chi connectivity index (χ2n) is 6.71.